The van der Waals surface area contributed by atoms with Crippen molar-refractivity contribution in [2.75, 3.05) is 13.7 Å². The van der Waals surface area contributed by atoms with E-state index in [-0.39, 0.29) is 24.1 Å². The Morgan fingerprint density at radius 1 is 1.22 bits per heavy atom. The summed E-state index contributed by atoms with van der Waals surface area (Å²) in [5.74, 6) is 1.88. The van der Waals surface area contributed by atoms with Gasteiger partial charge in [-0.2, -0.15) is 0 Å². The lowest BCUT2D eigenvalue weighted by atomic mass is 9.98. The number of hydrogen-bond acceptors (Lipinski definition) is 6. The molecule has 2 unspecified atom stereocenters. The van der Waals surface area contributed by atoms with Crippen LogP contribution in [0.4, 0.5) is 4.39 Å². The van der Waals surface area contributed by atoms with Crippen molar-refractivity contribution >= 4 is 5.97 Å². The van der Waals surface area contributed by atoms with Crippen LogP contribution in [0.2, 0.25) is 0 Å². The second-order valence-corrected chi connectivity index (χ2v) is 7.86. The first-order valence-electron chi connectivity index (χ1n) is 10.5. The van der Waals surface area contributed by atoms with Crippen LogP contribution < -0.4 is 14.2 Å². The standard InChI is InChI=1S/C25H22FNO5/c1-29-24(28)11-15-14-30-23-12-16(4-5-18(15)23)31-22-8-6-19-21(9-7-20(26)25(19)22)32-17-3-2-10-27-13-17/h2-5,7,9-10,12-13,15,22H,6,8,11,14H2,1H3. The fourth-order valence-corrected chi connectivity index (χ4v) is 4.34. The monoisotopic (exact) mass is 435 g/mol. The Labute approximate surface area is 184 Å². The van der Waals surface area contributed by atoms with Crippen molar-refractivity contribution in [2.24, 2.45) is 0 Å². The summed E-state index contributed by atoms with van der Waals surface area (Å²) in [7, 11) is 1.38. The summed E-state index contributed by atoms with van der Waals surface area (Å²) in [5, 5.41) is 0. The van der Waals surface area contributed by atoms with Gasteiger partial charge in [0.05, 0.1) is 26.3 Å². The molecule has 5 rings (SSSR count). The van der Waals surface area contributed by atoms with E-state index in [1.807, 2.05) is 18.2 Å². The van der Waals surface area contributed by atoms with Crippen LogP contribution in [0.1, 0.15) is 41.6 Å². The largest absolute Gasteiger partial charge is 0.492 e. The van der Waals surface area contributed by atoms with Crippen molar-refractivity contribution < 1.29 is 28.1 Å². The van der Waals surface area contributed by atoms with Gasteiger partial charge in [-0.05, 0) is 43.2 Å². The van der Waals surface area contributed by atoms with Crippen LogP contribution in [0.25, 0.3) is 0 Å². The van der Waals surface area contributed by atoms with Gasteiger partial charge in [-0.15, -0.1) is 0 Å². The highest BCUT2D eigenvalue weighted by Gasteiger charge is 2.32. The molecule has 0 N–H and O–H groups in total. The predicted octanol–water partition coefficient (Wildman–Crippen LogP) is 5.12. The van der Waals surface area contributed by atoms with E-state index in [0.29, 0.717) is 48.0 Å². The van der Waals surface area contributed by atoms with Gasteiger partial charge in [-0.3, -0.25) is 9.78 Å². The molecule has 2 aromatic carbocycles. The molecular formula is C25H22FNO5. The Bertz CT molecular complexity index is 1150. The summed E-state index contributed by atoms with van der Waals surface area (Å²) in [4.78, 5) is 15.7. The molecule has 1 aliphatic carbocycles. The SMILES string of the molecule is COC(=O)CC1COc2cc(OC3CCc4c(Oc5cccnc5)ccc(F)c43)ccc21. The van der Waals surface area contributed by atoms with Gasteiger partial charge in [0.2, 0.25) is 0 Å². The maximum atomic E-state index is 14.8. The van der Waals surface area contributed by atoms with Crippen molar-refractivity contribution in [3.05, 3.63) is 77.4 Å². The summed E-state index contributed by atoms with van der Waals surface area (Å²) < 4.78 is 37.4. The van der Waals surface area contributed by atoms with Gasteiger partial charge in [0, 0.05) is 34.9 Å². The van der Waals surface area contributed by atoms with Gasteiger partial charge in [0.1, 0.15) is 34.9 Å². The van der Waals surface area contributed by atoms with E-state index in [1.165, 1.54) is 13.2 Å². The number of halogens is 1. The van der Waals surface area contributed by atoms with Gasteiger partial charge < -0.3 is 18.9 Å². The van der Waals surface area contributed by atoms with Gasteiger partial charge in [-0.1, -0.05) is 6.07 Å². The fraction of sp³-hybridized carbons (Fsp3) is 0.280. The number of rotatable bonds is 6. The highest BCUT2D eigenvalue weighted by Crippen LogP contribution is 2.44. The van der Waals surface area contributed by atoms with Crippen LogP contribution >= 0.6 is 0 Å². The van der Waals surface area contributed by atoms with E-state index in [9.17, 15) is 9.18 Å². The molecule has 0 fully saturated rings. The normalized spacial score (nSPS) is 18.4. The van der Waals surface area contributed by atoms with Gasteiger partial charge in [-0.25, -0.2) is 4.39 Å². The highest BCUT2D eigenvalue weighted by molar-refractivity contribution is 5.71. The first-order chi connectivity index (χ1) is 15.6. The van der Waals surface area contributed by atoms with Crippen molar-refractivity contribution in [3.63, 3.8) is 0 Å². The molecule has 0 saturated heterocycles. The number of ether oxygens (including phenoxy) is 4. The lowest BCUT2D eigenvalue weighted by Gasteiger charge is -2.17. The van der Waals surface area contributed by atoms with Crippen LogP contribution in [0.3, 0.4) is 0 Å². The molecule has 6 nitrogen and oxygen atoms in total. The first-order valence-corrected chi connectivity index (χ1v) is 10.5. The van der Waals surface area contributed by atoms with Crippen molar-refractivity contribution in [1.29, 1.82) is 0 Å². The Morgan fingerprint density at radius 3 is 2.94 bits per heavy atom. The summed E-state index contributed by atoms with van der Waals surface area (Å²) in [5.41, 5.74) is 2.29. The third-order valence-corrected chi connectivity index (χ3v) is 5.89. The van der Waals surface area contributed by atoms with Gasteiger partial charge in [0.15, 0.2) is 0 Å². The summed E-state index contributed by atoms with van der Waals surface area (Å²) in [6.07, 6.45) is 4.43. The molecule has 0 radical (unpaired) electrons. The van der Waals surface area contributed by atoms with Crippen molar-refractivity contribution in [2.45, 2.75) is 31.3 Å². The smallest absolute Gasteiger partial charge is 0.306 e. The molecule has 0 bridgehead atoms. The predicted molar refractivity (Wildman–Crippen MR) is 114 cm³/mol. The summed E-state index contributed by atoms with van der Waals surface area (Å²) in [6, 6.07) is 12.2. The minimum Gasteiger partial charge on any atom is -0.492 e. The van der Waals surface area contributed by atoms with Gasteiger partial charge in [0.25, 0.3) is 0 Å². The molecule has 2 heterocycles. The molecule has 0 spiro atoms. The third-order valence-electron chi connectivity index (χ3n) is 5.89. The maximum absolute atomic E-state index is 14.8. The minimum absolute atomic E-state index is 0.0386. The van der Waals surface area contributed by atoms with E-state index in [2.05, 4.69) is 4.98 Å². The molecular weight excluding hydrogens is 413 g/mol. The fourth-order valence-electron chi connectivity index (χ4n) is 4.34. The number of fused-ring (bicyclic) bond motifs is 2. The van der Waals surface area contributed by atoms with Crippen LogP contribution in [-0.4, -0.2) is 24.7 Å². The molecule has 164 valence electrons. The summed E-state index contributed by atoms with van der Waals surface area (Å²) in [6.45, 7) is 0.420. The molecule has 0 amide bonds. The van der Waals surface area contributed by atoms with Gasteiger partial charge >= 0.3 is 5.97 Å². The molecule has 2 aliphatic rings. The number of benzene rings is 2. The molecule has 1 aliphatic heterocycles. The number of nitrogens with zero attached hydrogens (tertiary/aromatic N) is 1. The van der Waals surface area contributed by atoms with E-state index < -0.39 is 6.10 Å². The molecule has 7 heteroatoms. The Hall–Kier alpha value is -3.61. The lowest BCUT2D eigenvalue weighted by molar-refractivity contribution is -0.141. The molecule has 32 heavy (non-hydrogen) atoms. The van der Waals surface area contributed by atoms with Crippen LogP contribution in [0, 0.1) is 5.82 Å². The Morgan fingerprint density at radius 2 is 2.12 bits per heavy atom. The van der Waals surface area contributed by atoms with E-state index in [1.54, 1.807) is 30.6 Å². The quantitative estimate of drug-likeness (QED) is 0.501. The zero-order valence-corrected chi connectivity index (χ0v) is 17.5. The number of methoxy groups -OCH3 is 1. The highest BCUT2D eigenvalue weighted by atomic mass is 19.1. The zero-order chi connectivity index (χ0) is 22.1. The number of esters is 1. The minimum atomic E-state index is -0.423. The Kier molecular flexibility index (Phi) is 5.39. The second kappa shape index (κ2) is 8.49. The average Bonchev–Trinajstić information content (AvgIpc) is 3.41. The van der Waals surface area contributed by atoms with Crippen LogP contribution in [0.15, 0.2) is 54.9 Å². The number of hydrogen-bond donors (Lipinski definition) is 0. The molecule has 3 aromatic rings. The number of aromatic nitrogens is 1. The zero-order valence-electron chi connectivity index (χ0n) is 17.5. The topological polar surface area (TPSA) is 66.9 Å². The molecule has 2 atom stereocenters. The van der Waals surface area contributed by atoms with Crippen molar-refractivity contribution in [3.8, 4) is 23.0 Å². The Balaban J connectivity index is 1.35. The maximum Gasteiger partial charge on any atom is 0.306 e. The molecule has 1 aromatic heterocycles. The van der Waals surface area contributed by atoms with E-state index in [0.717, 1.165) is 11.1 Å². The van der Waals surface area contributed by atoms with Crippen LogP contribution in [-0.2, 0) is 16.0 Å². The second-order valence-electron chi connectivity index (χ2n) is 7.86. The first kappa shape index (κ1) is 20.3. The van der Waals surface area contributed by atoms with E-state index >= 15 is 0 Å². The number of pyridine rings is 1. The van der Waals surface area contributed by atoms with Crippen molar-refractivity contribution in [1.82, 2.24) is 4.98 Å². The van der Waals surface area contributed by atoms with E-state index in [4.69, 9.17) is 18.9 Å². The molecule has 0 saturated carbocycles. The third kappa shape index (κ3) is 3.86. The summed E-state index contributed by atoms with van der Waals surface area (Å²) >= 11 is 0. The number of carbonyl (C=O) groups is 1. The van der Waals surface area contributed by atoms with Crippen LogP contribution in [0.5, 0.6) is 23.0 Å². The number of carbonyl (C=O) groups excluding carboxylic acids is 1. The average molecular weight is 435 g/mol. The lowest BCUT2D eigenvalue weighted by Crippen LogP contribution is -2.09.